The van der Waals surface area contributed by atoms with Gasteiger partial charge < -0.3 is 4.57 Å². The molecular formula is C19H19N5O2S2. The fourth-order valence-corrected chi connectivity index (χ4v) is 4.41. The molecule has 3 aromatic rings. The molecule has 144 valence electrons. The van der Waals surface area contributed by atoms with Crippen LogP contribution in [-0.2, 0) is 16.6 Å². The van der Waals surface area contributed by atoms with E-state index in [9.17, 15) is 8.42 Å². The monoisotopic (exact) mass is 413 g/mol. The Bertz CT molecular complexity index is 1130. The fraction of sp³-hybridized carbons (Fsp3) is 0.158. The minimum atomic E-state index is -3.70. The van der Waals surface area contributed by atoms with Gasteiger partial charge in [-0.2, -0.15) is 5.10 Å². The molecule has 0 fully saturated rings. The number of hydrogen-bond acceptors (Lipinski definition) is 6. The molecule has 1 aromatic heterocycles. The quantitative estimate of drug-likeness (QED) is 0.494. The molecule has 0 saturated heterocycles. The van der Waals surface area contributed by atoms with Crippen molar-refractivity contribution < 1.29 is 8.42 Å². The first-order valence-corrected chi connectivity index (χ1v) is 11.2. The number of imidazole rings is 1. The molecule has 4 rings (SSSR count). The van der Waals surface area contributed by atoms with E-state index in [1.165, 1.54) is 17.7 Å². The number of nitrogens with two attached hydrogens (primary N) is 1. The third-order valence-electron chi connectivity index (χ3n) is 4.41. The van der Waals surface area contributed by atoms with E-state index in [0.717, 1.165) is 34.4 Å². The summed E-state index contributed by atoms with van der Waals surface area (Å²) in [4.78, 5) is 4.85. The Morgan fingerprint density at radius 1 is 1.18 bits per heavy atom. The highest BCUT2D eigenvalue weighted by Gasteiger charge is 2.21. The highest BCUT2D eigenvalue weighted by Crippen LogP contribution is 2.32. The smallest absolute Gasteiger partial charge is 0.238 e. The molecule has 0 radical (unpaired) electrons. The first-order chi connectivity index (χ1) is 13.4. The number of anilines is 1. The van der Waals surface area contributed by atoms with E-state index in [4.69, 9.17) is 10.1 Å². The summed E-state index contributed by atoms with van der Waals surface area (Å²) in [7, 11) is -3.70. The standard InChI is InChI=1S/C19H19N5O2S2/c1-13-2-4-14(5-3-13)18-17(24-10-11-27-19(24)22-18)12-21-23-15-6-8-16(9-7-15)28(20,25)26/h2-9,12,23H,10-11H2,1H3,(H2,20,25,26)/b21-12+. The maximum Gasteiger partial charge on any atom is 0.238 e. The van der Waals surface area contributed by atoms with Crippen molar-refractivity contribution in [2.24, 2.45) is 10.2 Å². The first kappa shape index (κ1) is 18.7. The summed E-state index contributed by atoms with van der Waals surface area (Å²) in [5, 5.41) is 10.4. The molecule has 7 nitrogen and oxygen atoms in total. The normalized spacial score (nSPS) is 13.8. The van der Waals surface area contributed by atoms with Crippen LogP contribution in [0.4, 0.5) is 5.69 Å². The van der Waals surface area contributed by atoms with Crippen molar-refractivity contribution in [1.29, 1.82) is 0 Å². The van der Waals surface area contributed by atoms with Gasteiger partial charge in [-0.1, -0.05) is 41.6 Å². The molecular weight excluding hydrogens is 394 g/mol. The largest absolute Gasteiger partial charge is 0.317 e. The van der Waals surface area contributed by atoms with Gasteiger partial charge in [-0.05, 0) is 31.2 Å². The van der Waals surface area contributed by atoms with E-state index in [-0.39, 0.29) is 4.90 Å². The van der Waals surface area contributed by atoms with Crippen LogP contribution in [0.5, 0.6) is 0 Å². The lowest BCUT2D eigenvalue weighted by molar-refractivity contribution is 0.598. The molecule has 1 aliphatic heterocycles. The number of aryl methyl sites for hydroxylation is 1. The summed E-state index contributed by atoms with van der Waals surface area (Å²) in [6.07, 6.45) is 1.76. The van der Waals surface area contributed by atoms with Crippen LogP contribution in [0.1, 0.15) is 11.3 Å². The average Bonchev–Trinajstić information content (AvgIpc) is 3.24. The zero-order valence-electron chi connectivity index (χ0n) is 15.2. The van der Waals surface area contributed by atoms with Crippen LogP contribution in [-0.4, -0.2) is 29.9 Å². The first-order valence-electron chi connectivity index (χ1n) is 8.64. The Hall–Kier alpha value is -2.62. The van der Waals surface area contributed by atoms with Crippen LogP contribution in [0.15, 0.2) is 63.7 Å². The highest BCUT2D eigenvalue weighted by molar-refractivity contribution is 7.99. The lowest BCUT2D eigenvalue weighted by atomic mass is 10.1. The maximum atomic E-state index is 11.3. The third kappa shape index (κ3) is 3.82. The van der Waals surface area contributed by atoms with Gasteiger partial charge in [-0.25, -0.2) is 18.5 Å². The molecule has 0 amide bonds. The fourth-order valence-electron chi connectivity index (χ4n) is 2.94. The van der Waals surface area contributed by atoms with Crippen molar-refractivity contribution >= 4 is 33.7 Å². The maximum absolute atomic E-state index is 11.3. The molecule has 0 spiro atoms. The Labute approximate surface area is 167 Å². The van der Waals surface area contributed by atoms with Gasteiger partial charge in [0.05, 0.1) is 28.2 Å². The van der Waals surface area contributed by atoms with Crippen LogP contribution in [0.25, 0.3) is 11.3 Å². The van der Waals surface area contributed by atoms with E-state index in [1.54, 1.807) is 30.1 Å². The molecule has 0 atom stereocenters. The second-order valence-electron chi connectivity index (χ2n) is 6.43. The molecule has 2 aromatic carbocycles. The van der Waals surface area contributed by atoms with Gasteiger partial charge in [0.2, 0.25) is 10.0 Å². The summed E-state index contributed by atoms with van der Waals surface area (Å²) in [6, 6.07) is 14.4. The van der Waals surface area contributed by atoms with Gasteiger partial charge >= 0.3 is 0 Å². The Kier molecular flexibility index (Phi) is 4.96. The van der Waals surface area contributed by atoms with E-state index in [2.05, 4.69) is 46.3 Å². The number of aromatic nitrogens is 2. The number of fused-ring (bicyclic) bond motifs is 1. The number of rotatable bonds is 5. The van der Waals surface area contributed by atoms with Gasteiger partial charge in [-0.3, -0.25) is 5.43 Å². The lowest BCUT2D eigenvalue weighted by Gasteiger charge is -2.05. The number of thioether (sulfide) groups is 1. The summed E-state index contributed by atoms with van der Waals surface area (Å²) in [5.74, 6) is 1.000. The summed E-state index contributed by atoms with van der Waals surface area (Å²) >= 11 is 1.74. The zero-order chi connectivity index (χ0) is 19.7. The van der Waals surface area contributed by atoms with Crippen LogP contribution < -0.4 is 10.6 Å². The van der Waals surface area contributed by atoms with Gasteiger partial charge in [0.25, 0.3) is 0 Å². The number of nitrogens with zero attached hydrogens (tertiary/aromatic N) is 3. The van der Waals surface area contributed by atoms with E-state index in [1.807, 2.05) is 0 Å². The number of nitrogens with one attached hydrogen (secondary N) is 1. The molecule has 0 aliphatic carbocycles. The molecule has 0 unspecified atom stereocenters. The highest BCUT2D eigenvalue weighted by atomic mass is 32.2. The summed E-state index contributed by atoms with van der Waals surface area (Å²) < 4.78 is 24.8. The molecule has 0 saturated carbocycles. The minimum absolute atomic E-state index is 0.0642. The summed E-state index contributed by atoms with van der Waals surface area (Å²) in [5.41, 5.74) is 7.68. The average molecular weight is 414 g/mol. The van der Waals surface area contributed by atoms with Crippen LogP contribution in [0, 0.1) is 6.92 Å². The second-order valence-corrected chi connectivity index (χ2v) is 9.06. The van der Waals surface area contributed by atoms with Gasteiger partial charge in [0, 0.05) is 17.9 Å². The summed E-state index contributed by atoms with van der Waals surface area (Å²) in [6.45, 7) is 2.95. The predicted octanol–water partition coefficient (Wildman–Crippen LogP) is 3.06. The Morgan fingerprint density at radius 2 is 1.89 bits per heavy atom. The van der Waals surface area contributed by atoms with Crippen molar-refractivity contribution in [3.63, 3.8) is 0 Å². The lowest BCUT2D eigenvalue weighted by Crippen LogP contribution is -2.11. The number of hydrazone groups is 1. The SMILES string of the molecule is Cc1ccc(-c2nc3n(c2/C=N/Nc2ccc(S(N)(=O)=O)cc2)CCS3)cc1. The molecule has 1 aliphatic rings. The van der Waals surface area contributed by atoms with Crippen molar-refractivity contribution in [3.05, 3.63) is 59.8 Å². The zero-order valence-corrected chi connectivity index (χ0v) is 16.8. The van der Waals surface area contributed by atoms with Crippen molar-refractivity contribution in [3.8, 4) is 11.3 Å². The molecule has 3 N–H and O–H groups in total. The topological polar surface area (TPSA) is 102 Å². The molecule has 28 heavy (non-hydrogen) atoms. The number of hydrogen-bond donors (Lipinski definition) is 2. The number of primary sulfonamides is 1. The number of sulfonamides is 1. The van der Waals surface area contributed by atoms with E-state index < -0.39 is 10.0 Å². The minimum Gasteiger partial charge on any atom is -0.317 e. The number of benzene rings is 2. The van der Waals surface area contributed by atoms with Crippen molar-refractivity contribution in [2.75, 3.05) is 11.2 Å². The van der Waals surface area contributed by atoms with E-state index in [0.29, 0.717) is 5.69 Å². The van der Waals surface area contributed by atoms with Crippen LogP contribution >= 0.6 is 11.8 Å². The molecule has 0 bridgehead atoms. The predicted molar refractivity (Wildman–Crippen MR) is 112 cm³/mol. The third-order valence-corrected chi connectivity index (χ3v) is 6.29. The Morgan fingerprint density at radius 3 is 2.57 bits per heavy atom. The van der Waals surface area contributed by atoms with Gasteiger partial charge in [0.1, 0.15) is 0 Å². The molecule has 9 heteroatoms. The van der Waals surface area contributed by atoms with Crippen molar-refractivity contribution in [1.82, 2.24) is 9.55 Å². The second kappa shape index (κ2) is 7.42. The van der Waals surface area contributed by atoms with Gasteiger partial charge in [0.15, 0.2) is 5.16 Å². The van der Waals surface area contributed by atoms with Crippen LogP contribution in [0.3, 0.4) is 0 Å². The van der Waals surface area contributed by atoms with Crippen LogP contribution in [0.2, 0.25) is 0 Å². The van der Waals surface area contributed by atoms with Crippen molar-refractivity contribution in [2.45, 2.75) is 23.5 Å². The van der Waals surface area contributed by atoms with E-state index >= 15 is 0 Å². The van der Waals surface area contributed by atoms with Gasteiger partial charge in [-0.15, -0.1) is 0 Å². The molecule has 2 heterocycles. The Balaban J connectivity index is 1.60.